The first kappa shape index (κ1) is 76.1. The molecule has 0 N–H and O–H groups in total. The molecule has 2 saturated carbocycles. The summed E-state index contributed by atoms with van der Waals surface area (Å²) in [7, 11) is 1.27. The summed E-state index contributed by atoms with van der Waals surface area (Å²) < 4.78 is 106. The Morgan fingerprint density at radius 2 is 1.02 bits per heavy atom. The van der Waals surface area contributed by atoms with E-state index in [9.17, 15) is 14.4 Å². The molecule has 4 fully saturated rings. The third kappa shape index (κ3) is 20.0. The van der Waals surface area contributed by atoms with Gasteiger partial charge in [-0.25, -0.2) is 28.3 Å². The minimum Gasteiger partial charge on any atom is -0.469 e. The average Bonchev–Trinajstić information content (AvgIpc) is 0.865. The van der Waals surface area contributed by atoms with Crippen LogP contribution in [-0.4, -0.2) is 138 Å². The molecule has 0 radical (unpaired) electrons. The zero-order valence-electron chi connectivity index (χ0n) is 60.1. The summed E-state index contributed by atoms with van der Waals surface area (Å²) in [5, 5.41) is 9.26. The lowest BCUT2D eigenvalue weighted by Gasteiger charge is -2.50. The van der Waals surface area contributed by atoms with Crippen LogP contribution in [0.15, 0.2) is 243 Å². The molecule has 1 aromatic heterocycles. The van der Waals surface area contributed by atoms with Crippen LogP contribution in [0, 0.1) is 17.7 Å². The van der Waals surface area contributed by atoms with Crippen LogP contribution in [0.5, 0.6) is 0 Å². The number of benzene rings is 8. The van der Waals surface area contributed by atoms with Crippen LogP contribution < -0.4 is 0 Å². The van der Waals surface area contributed by atoms with E-state index in [4.69, 9.17) is 66.8 Å². The molecule has 9 aromatic rings. The van der Waals surface area contributed by atoms with Crippen LogP contribution >= 0.6 is 0 Å². The highest BCUT2D eigenvalue weighted by Crippen LogP contribution is 2.44. The van der Waals surface area contributed by atoms with Crippen molar-refractivity contribution in [1.29, 1.82) is 0 Å². The maximum atomic E-state index is 15.3. The second kappa shape index (κ2) is 37.6. The van der Waals surface area contributed by atoms with Gasteiger partial charge in [-0.2, -0.15) is 0 Å². The van der Waals surface area contributed by atoms with Gasteiger partial charge in [0.1, 0.15) is 61.3 Å². The number of halogens is 1. The fourth-order valence-electron chi connectivity index (χ4n) is 14.5. The number of methoxy groups -OCH3 is 1. The molecule has 108 heavy (non-hydrogen) atoms. The highest BCUT2D eigenvalue weighted by Gasteiger charge is 2.57. The Morgan fingerprint density at radius 1 is 0.509 bits per heavy atom. The minimum atomic E-state index is -1.88. The molecule has 8 aromatic carbocycles. The molecule has 15 atom stereocenters. The molecule has 2 saturated heterocycles. The number of rotatable bonds is 30. The van der Waals surface area contributed by atoms with E-state index in [-0.39, 0.29) is 74.0 Å². The highest BCUT2D eigenvalue weighted by molar-refractivity contribution is 5.91. The van der Waals surface area contributed by atoms with E-state index >= 15 is 14.0 Å². The summed E-state index contributed by atoms with van der Waals surface area (Å²) in [6, 6.07) is 67.4. The molecule has 9 unspecified atom stereocenters. The van der Waals surface area contributed by atoms with Crippen molar-refractivity contribution in [3.05, 3.63) is 288 Å². The Morgan fingerprint density at radius 3 is 1.57 bits per heavy atom. The second-order valence-electron chi connectivity index (χ2n) is 27.5. The third-order valence-electron chi connectivity index (χ3n) is 20.0. The van der Waals surface area contributed by atoms with Crippen molar-refractivity contribution < 1.29 is 89.9 Å². The van der Waals surface area contributed by atoms with E-state index in [1.807, 2.05) is 128 Å². The van der Waals surface area contributed by atoms with Crippen molar-refractivity contribution in [2.24, 2.45) is 11.8 Å². The van der Waals surface area contributed by atoms with Gasteiger partial charge in [0, 0.05) is 5.56 Å². The number of aromatic nitrogens is 3. The Bertz CT molecular complexity index is 4320. The zero-order chi connectivity index (χ0) is 74.6. The zero-order valence-corrected chi connectivity index (χ0v) is 60.1. The van der Waals surface area contributed by atoms with Crippen molar-refractivity contribution in [2.45, 2.75) is 170 Å². The number of ether oxygens (including phenoxy) is 13. The maximum Gasteiger partial charge on any atom is 0.338 e. The number of carbonyl (C=O) groups is 5. The van der Waals surface area contributed by atoms with Gasteiger partial charge in [-0.1, -0.05) is 225 Å². The van der Waals surface area contributed by atoms with Crippen LogP contribution in [0.4, 0.5) is 4.39 Å². The van der Waals surface area contributed by atoms with E-state index in [0.717, 1.165) is 48.8 Å². The molecule has 0 spiro atoms. The molecule has 22 heteroatoms. The van der Waals surface area contributed by atoms with Crippen LogP contribution in [-0.2, 0) is 97.6 Å². The summed E-state index contributed by atoms with van der Waals surface area (Å²) in [4.78, 5) is 74.5. The molecular formula is C86H88FN3O18. The monoisotopic (exact) mass is 1470 g/mol. The lowest BCUT2D eigenvalue weighted by atomic mass is 9.81. The lowest BCUT2D eigenvalue weighted by molar-refractivity contribution is -0.357. The Hall–Kier alpha value is -10.1. The molecule has 3 heterocycles. The van der Waals surface area contributed by atoms with E-state index in [1.54, 1.807) is 109 Å². The number of nitrogens with zero attached hydrogens (tertiary/aromatic N) is 3. The third-order valence-corrected chi connectivity index (χ3v) is 20.0. The normalized spacial score (nSPS) is 24.7. The predicted octanol–water partition coefficient (Wildman–Crippen LogP) is 14.0. The van der Waals surface area contributed by atoms with Crippen LogP contribution in [0.25, 0.3) is 11.3 Å². The molecule has 562 valence electrons. The summed E-state index contributed by atoms with van der Waals surface area (Å²) in [5.74, 6) is -5.57. The van der Waals surface area contributed by atoms with Crippen molar-refractivity contribution in [1.82, 2.24) is 15.0 Å². The fraction of sp³-hybridized carbons (Fsp3) is 0.360. The van der Waals surface area contributed by atoms with Gasteiger partial charge in [0.15, 0.2) is 30.9 Å². The van der Waals surface area contributed by atoms with Crippen molar-refractivity contribution in [3.63, 3.8) is 0 Å². The van der Waals surface area contributed by atoms with Crippen LogP contribution in [0.1, 0.15) is 118 Å². The molecule has 2 aliphatic carbocycles. The molecule has 4 aliphatic rings. The van der Waals surface area contributed by atoms with Gasteiger partial charge in [-0.05, 0) is 103 Å². The first-order valence-electron chi connectivity index (χ1n) is 36.8. The largest absolute Gasteiger partial charge is 0.469 e. The quantitative estimate of drug-likeness (QED) is 0.0300. The Balaban J connectivity index is 0.963. The molecule has 0 bridgehead atoms. The average molecular weight is 1470 g/mol. The molecular weight excluding hydrogens is 1380 g/mol. The van der Waals surface area contributed by atoms with Gasteiger partial charge < -0.3 is 61.6 Å². The smallest absolute Gasteiger partial charge is 0.338 e. The van der Waals surface area contributed by atoms with Crippen molar-refractivity contribution >= 4 is 29.8 Å². The van der Waals surface area contributed by atoms with Gasteiger partial charge >= 0.3 is 29.8 Å². The topological polar surface area (TPSA) is 236 Å². The highest BCUT2D eigenvalue weighted by atomic mass is 19.1. The lowest BCUT2D eigenvalue weighted by Crippen LogP contribution is -2.65. The molecule has 0 amide bonds. The maximum absolute atomic E-state index is 15.3. The SMILES string of the molecule is COC(=O)C1CC(n2cc(-c3cccc(F)c3)nn2)C(O[C@@H]2OC(C)[C@@H](OCc3ccccc3)C(OCc3ccccc3)C2OCc2ccccc2)[C@H](O[C@@H]2OC(COC(=O)c3ccccc3)[C@H](OC(=O)c3ccccc3)C(O[C@@H](CC3CCCCC3)C(=O)OCc3ccccc3)C2OC(=O)c2ccccc2)C1. The van der Waals surface area contributed by atoms with E-state index in [2.05, 4.69) is 5.10 Å². The van der Waals surface area contributed by atoms with Crippen molar-refractivity contribution in [3.8, 4) is 11.3 Å². The first-order chi connectivity index (χ1) is 52.9. The van der Waals surface area contributed by atoms with Gasteiger partial charge in [-0.3, -0.25) is 4.79 Å². The number of esters is 5. The van der Waals surface area contributed by atoms with Gasteiger partial charge in [0.2, 0.25) is 0 Å². The second-order valence-corrected chi connectivity index (χ2v) is 27.5. The van der Waals surface area contributed by atoms with Crippen LogP contribution in [0.3, 0.4) is 0 Å². The number of carbonyl (C=O) groups excluding carboxylic acids is 5. The summed E-state index contributed by atoms with van der Waals surface area (Å²) in [6.45, 7) is 1.39. The van der Waals surface area contributed by atoms with Crippen LogP contribution in [0.2, 0.25) is 0 Å². The Kier molecular flexibility index (Phi) is 26.5. The van der Waals surface area contributed by atoms with Gasteiger partial charge in [-0.15, -0.1) is 5.10 Å². The van der Waals surface area contributed by atoms with Gasteiger partial charge in [0.05, 0.1) is 74.0 Å². The Labute approximate surface area is 626 Å². The fourth-order valence-corrected chi connectivity index (χ4v) is 14.5. The van der Waals surface area contributed by atoms with Gasteiger partial charge in [0.25, 0.3) is 0 Å². The number of hydrogen-bond acceptors (Lipinski definition) is 20. The summed E-state index contributed by atoms with van der Waals surface area (Å²) >= 11 is 0. The molecule has 21 nitrogen and oxygen atoms in total. The molecule has 2 aliphatic heterocycles. The summed E-state index contributed by atoms with van der Waals surface area (Å²) in [5.41, 5.74) is 4.29. The van der Waals surface area contributed by atoms with E-state index < -0.39 is 134 Å². The first-order valence-corrected chi connectivity index (χ1v) is 36.8. The standard InChI is InChI=1S/C86H88FN3O18/c1-56-73(97-51-58-30-13-4-14-31-58)76(98-52-59-32-15-5-16-33-59)78(99-53-60-34-17-6-18-35-60)85(102-56)108-74-69(90-50-68(88-89-90)65-44-27-45-67(87)47-65)48-66(80(91)96-2)49-70(74)104-86-79(107-83(94)64-42-25-10-26-43-64)77(103-71(46-57-28-11-3-12-29-57)84(95)100-54-61-36-19-7-20-37-61)75(106-82(93)63-40-23-9-24-41-63)72(105-86)55-101-81(92)62-38-21-8-22-39-62/h4-10,13-27,30-45,47,50,56-57,66,69-79,85-86H,3,11-12,28-29,46,48-49,51-55H2,1-2H3/t56?,66?,69?,70-,71+,72?,73-,74?,75+,76?,77?,78?,79?,85+,86-/m1/s1. The minimum absolute atomic E-state index is 0.0368. The molecule has 13 rings (SSSR count). The predicted molar refractivity (Wildman–Crippen MR) is 391 cm³/mol. The van der Waals surface area contributed by atoms with E-state index in [0.29, 0.717) is 11.1 Å². The van der Waals surface area contributed by atoms with Crippen molar-refractivity contribution in [2.75, 3.05) is 13.7 Å². The number of hydrogen-bond donors (Lipinski definition) is 0. The van der Waals surface area contributed by atoms with E-state index in [1.165, 1.54) is 23.9 Å². The summed E-state index contributed by atoms with van der Waals surface area (Å²) in [6.07, 6.45) is -12.2.